The van der Waals surface area contributed by atoms with Crippen LogP contribution in [0.25, 0.3) is 0 Å². The highest BCUT2D eigenvalue weighted by Gasteiger charge is 2.33. The number of ether oxygens (including phenoxy) is 2. The lowest BCUT2D eigenvalue weighted by atomic mass is 10.0. The van der Waals surface area contributed by atoms with E-state index < -0.39 is 11.5 Å². The van der Waals surface area contributed by atoms with Crippen molar-refractivity contribution in [3.63, 3.8) is 0 Å². The highest BCUT2D eigenvalue weighted by atomic mass is 16.5. The van der Waals surface area contributed by atoms with Gasteiger partial charge in [-0.3, -0.25) is 4.79 Å². The van der Waals surface area contributed by atoms with Crippen LogP contribution in [0.5, 0.6) is 0 Å². The maximum absolute atomic E-state index is 11.1. The Morgan fingerprint density at radius 1 is 1.56 bits per heavy atom. The molecule has 0 bridgehead atoms. The van der Waals surface area contributed by atoms with E-state index in [4.69, 9.17) is 14.6 Å². The quantitative estimate of drug-likeness (QED) is 0.702. The fourth-order valence-electron chi connectivity index (χ4n) is 1.71. The number of hydrogen-bond acceptors (Lipinski definition) is 4. The molecular weight excluding hydrogens is 210 g/mol. The van der Waals surface area contributed by atoms with Crippen molar-refractivity contribution in [3.05, 3.63) is 0 Å². The molecule has 94 valence electrons. The second kappa shape index (κ2) is 6.18. The molecule has 0 aromatic rings. The van der Waals surface area contributed by atoms with Gasteiger partial charge < -0.3 is 19.9 Å². The topological polar surface area (TPSA) is 67.8 Å². The van der Waals surface area contributed by atoms with Gasteiger partial charge in [0, 0.05) is 13.2 Å². The van der Waals surface area contributed by atoms with E-state index in [1.807, 2.05) is 6.92 Å². The summed E-state index contributed by atoms with van der Waals surface area (Å²) in [5, 5.41) is 12.1. The Morgan fingerprint density at radius 3 is 2.69 bits per heavy atom. The molecule has 1 rings (SSSR count). The highest BCUT2D eigenvalue weighted by molar-refractivity contribution is 5.78. The molecule has 5 nitrogen and oxygen atoms in total. The number of likely N-dealkylation sites (N-methyl/N-ethyl adjacent to an activating group) is 1. The SMILES string of the molecule is CCNC(C)(COC1CCOCC1)C(=O)O. The second-order valence-corrected chi connectivity index (χ2v) is 4.29. The lowest BCUT2D eigenvalue weighted by Crippen LogP contribution is -2.53. The normalized spacial score (nSPS) is 21.6. The minimum absolute atomic E-state index is 0.131. The number of carboxylic acid groups (broad SMARTS) is 1. The van der Waals surface area contributed by atoms with Crippen LogP contribution in [0.4, 0.5) is 0 Å². The molecular formula is C11H21NO4. The van der Waals surface area contributed by atoms with Crippen LogP contribution >= 0.6 is 0 Å². The Morgan fingerprint density at radius 2 is 2.19 bits per heavy atom. The van der Waals surface area contributed by atoms with Crippen molar-refractivity contribution in [3.8, 4) is 0 Å². The van der Waals surface area contributed by atoms with Gasteiger partial charge in [0.1, 0.15) is 5.54 Å². The predicted molar refractivity (Wildman–Crippen MR) is 59.5 cm³/mol. The van der Waals surface area contributed by atoms with Crippen molar-refractivity contribution in [2.75, 3.05) is 26.4 Å². The van der Waals surface area contributed by atoms with Crippen LogP contribution in [0.15, 0.2) is 0 Å². The van der Waals surface area contributed by atoms with E-state index in [1.54, 1.807) is 6.92 Å². The third-order valence-electron chi connectivity index (χ3n) is 2.82. The Labute approximate surface area is 96.1 Å². The van der Waals surface area contributed by atoms with Gasteiger partial charge in [0.2, 0.25) is 0 Å². The number of aliphatic carboxylic acids is 1. The van der Waals surface area contributed by atoms with Crippen LogP contribution in [0.1, 0.15) is 26.7 Å². The first-order valence-electron chi connectivity index (χ1n) is 5.76. The molecule has 1 fully saturated rings. The van der Waals surface area contributed by atoms with E-state index in [-0.39, 0.29) is 12.7 Å². The first-order valence-corrected chi connectivity index (χ1v) is 5.76. The number of carbonyl (C=O) groups is 1. The minimum Gasteiger partial charge on any atom is -0.480 e. The molecule has 1 saturated heterocycles. The van der Waals surface area contributed by atoms with E-state index in [1.165, 1.54) is 0 Å². The van der Waals surface area contributed by atoms with Gasteiger partial charge in [-0.05, 0) is 26.3 Å². The summed E-state index contributed by atoms with van der Waals surface area (Å²) in [6.45, 7) is 5.75. The zero-order valence-corrected chi connectivity index (χ0v) is 9.99. The summed E-state index contributed by atoms with van der Waals surface area (Å²) in [5.74, 6) is -0.874. The van der Waals surface area contributed by atoms with Crippen LogP contribution in [0.3, 0.4) is 0 Å². The summed E-state index contributed by atoms with van der Waals surface area (Å²) in [5.41, 5.74) is -0.993. The van der Waals surface area contributed by atoms with Gasteiger partial charge in [0.15, 0.2) is 0 Å². The lowest BCUT2D eigenvalue weighted by molar-refractivity contribution is -0.149. The van der Waals surface area contributed by atoms with Gasteiger partial charge in [0.25, 0.3) is 0 Å². The smallest absolute Gasteiger partial charge is 0.326 e. The van der Waals surface area contributed by atoms with Crippen molar-refractivity contribution in [1.29, 1.82) is 0 Å². The molecule has 0 spiro atoms. The van der Waals surface area contributed by atoms with Crippen LogP contribution in [0.2, 0.25) is 0 Å². The Kier molecular flexibility index (Phi) is 5.18. The largest absolute Gasteiger partial charge is 0.480 e. The van der Waals surface area contributed by atoms with Crippen molar-refractivity contribution < 1.29 is 19.4 Å². The molecule has 0 saturated carbocycles. The maximum atomic E-state index is 11.1. The first-order chi connectivity index (χ1) is 7.58. The average molecular weight is 231 g/mol. The van der Waals surface area contributed by atoms with E-state index in [0.717, 1.165) is 12.8 Å². The molecule has 1 aliphatic heterocycles. The van der Waals surface area contributed by atoms with E-state index in [9.17, 15) is 4.79 Å². The zero-order valence-electron chi connectivity index (χ0n) is 9.99. The molecule has 1 unspecified atom stereocenters. The molecule has 0 amide bonds. The Balaban J connectivity index is 2.39. The molecule has 0 aromatic carbocycles. The van der Waals surface area contributed by atoms with Crippen molar-refractivity contribution in [1.82, 2.24) is 5.32 Å². The van der Waals surface area contributed by atoms with Gasteiger partial charge in [0.05, 0.1) is 12.7 Å². The number of nitrogens with one attached hydrogen (secondary N) is 1. The van der Waals surface area contributed by atoms with Crippen LogP contribution in [-0.4, -0.2) is 49.1 Å². The van der Waals surface area contributed by atoms with Crippen LogP contribution in [-0.2, 0) is 14.3 Å². The summed E-state index contributed by atoms with van der Waals surface area (Å²) in [6.07, 6.45) is 1.83. The van der Waals surface area contributed by atoms with Gasteiger partial charge >= 0.3 is 5.97 Å². The number of rotatable bonds is 6. The summed E-state index contributed by atoms with van der Waals surface area (Å²) in [7, 11) is 0. The molecule has 0 radical (unpaired) electrons. The fourth-order valence-corrected chi connectivity index (χ4v) is 1.71. The van der Waals surface area contributed by atoms with Crippen molar-refractivity contribution >= 4 is 5.97 Å². The zero-order chi connectivity index (χ0) is 12.0. The average Bonchev–Trinajstić information content (AvgIpc) is 2.28. The minimum atomic E-state index is -0.993. The molecule has 1 heterocycles. The van der Waals surface area contributed by atoms with Gasteiger partial charge in [-0.2, -0.15) is 0 Å². The Hall–Kier alpha value is -0.650. The monoisotopic (exact) mass is 231 g/mol. The maximum Gasteiger partial charge on any atom is 0.326 e. The lowest BCUT2D eigenvalue weighted by Gasteiger charge is -2.29. The summed E-state index contributed by atoms with van der Waals surface area (Å²) < 4.78 is 10.9. The first kappa shape index (κ1) is 13.4. The Bertz CT molecular complexity index is 228. The van der Waals surface area contributed by atoms with Crippen molar-refractivity contribution in [2.24, 2.45) is 0 Å². The number of carboxylic acids is 1. The molecule has 16 heavy (non-hydrogen) atoms. The van der Waals surface area contributed by atoms with Crippen LogP contribution < -0.4 is 5.32 Å². The highest BCUT2D eigenvalue weighted by Crippen LogP contribution is 2.14. The van der Waals surface area contributed by atoms with E-state index >= 15 is 0 Å². The third-order valence-corrected chi connectivity index (χ3v) is 2.82. The molecule has 1 aliphatic rings. The van der Waals surface area contributed by atoms with Crippen LogP contribution in [0, 0.1) is 0 Å². The third kappa shape index (κ3) is 3.73. The second-order valence-electron chi connectivity index (χ2n) is 4.29. The molecule has 2 N–H and O–H groups in total. The van der Waals surface area contributed by atoms with Gasteiger partial charge in [-0.15, -0.1) is 0 Å². The summed E-state index contributed by atoms with van der Waals surface area (Å²) >= 11 is 0. The number of hydrogen-bond donors (Lipinski definition) is 2. The van der Waals surface area contributed by atoms with Crippen molar-refractivity contribution in [2.45, 2.75) is 38.3 Å². The predicted octanol–water partition coefficient (Wildman–Crippen LogP) is 0.635. The molecule has 5 heteroatoms. The van der Waals surface area contributed by atoms with Gasteiger partial charge in [-0.1, -0.05) is 6.92 Å². The summed E-state index contributed by atoms with van der Waals surface area (Å²) in [6, 6.07) is 0. The van der Waals surface area contributed by atoms with E-state index in [2.05, 4.69) is 5.32 Å². The van der Waals surface area contributed by atoms with E-state index in [0.29, 0.717) is 19.8 Å². The molecule has 0 aliphatic carbocycles. The summed E-state index contributed by atoms with van der Waals surface area (Å²) in [4.78, 5) is 11.1. The fraction of sp³-hybridized carbons (Fsp3) is 0.909. The molecule has 1 atom stereocenters. The standard InChI is InChI=1S/C11H21NO4/c1-3-12-11(2,10(13)14)8-16-9-4-6-15-7-5-9/h9,12H,3-8H2,1-2H3,(H,13,14). The van der Waals surface area contributed by atoms with Gasteiger partial charge in [-0.25, -0.2) is 0 Å². The molecule has 0 aromatic heterocycles.